The van der Waals surface area contributed by atoms with Crippen LogP contribution in [0.3, 0.4) is 0 Å². The molecule has 0 bridgehead atoms. The number of hydrogen-bond donors (Lipinski definition) is 0. The van der Waals surface area contributed by atoms with Crippen LogP contribution >= 0.6 is 0 Å². The molecule has 0 N–H and O–H groups in total. The summed E-state index contributed by atoms with van der Waals surface area (Å²) in [6.07, 6.45) is 1.64. The molecule has 1 aromatic carbocycles. The van der Waals surface area contributed by atoms with Gasteiger partial charge in [0.25, 0.3) is 0 Å². The maximum Gasteiger partial charge on any atom is 1.00 e. The number of hydrogen-bond acceptors (Lipinski definition) is 8. The maximum atomic E-state index is 12.9. The Hall–Kier alpha value is -1.37. The Morgan fingerprint density at radius 3 is 2.58 bits per heavy atom. The third-order valence-electron chi connectivity index (χ3n) is 5.54. The van der Waals surface area contributed by atoms with Gasteiger partial charge in [-0.05, 0) is 30.9 Å². The van der Waals surface area contributed by atoms with E-state index in [9.17, 15) is 4.21 Å². The molecule has 0 amide bonds. The third-order valence-corrected chi connectivity index (χ3v) is 6.67. The predicted octanol–water partition coefficient (Wildman–Crippen LogP) is -0.908. The van der Waals surface area contributed by atoms with E-state index in [0.717, 1.165) is 16.6 Å². The Morgan fingerprint density at radius 1 is 1.12 bits per heavy atom. The second-order valence-electron chi connectivity index (χ2n) is 7.97. The number of imidazole rings is 1. The number of rotatable bonds is 6. The van der Waals surface area contributed by atoms with Crippen molar-refractivity contribution in [3.63, 3.8) is 0 Å². The zero-order valence-electron chi connectivity index (χ0n) is 18.9. The molecule has 0 radical (unpaired) electrons. The number of pyridine rings is 1. The van der Waals surface area contributed by atoms with Gasteiger partial charge >= 0.3 is 29.6 Å². The average molecular weight is 482 g/mol. The van der Waals surface area contributed by atoms with Gasteiger partial charge in [0.05, 0.1) is 35.5 Å². The van der Waals surface area contributed by atoms with Crippen LogP contribution in [0.2, 0.25) is 0 Å². The molecule has 2 fully saturated rings. The van der Waals surface area contributed by atoms with Crippen molar-refractivity contribution in [1.29, 1.82) is 0 Å². The van der Waals surface area contributed by atoms with E-state index in [-0.39, 0.29) is 55.1 Å². The Bertz CT molecular complexity index is 1110. The van der Waals surface area contributed by atoms with Gasteiger partial charge in [0.1, 0.15) is 25.6 Å². The van der Waals surface area contributed by atoms with Crippen LogP contribution in [0.25, 0.3) is 11.0 Å². The van der Waals surface area contributed by atoms with E-state index in [1.807, 2.05) is 38.1 Å². The standard InChI is InChI=1S/C22H24N3O6S.Na/c1-15-18(11-32(26)20-24-16-5-3-4-6-17(16)25-20)23-8-7-19(15)27-12-21(2)30-13-22(14-31-21)28-9-10-29-22;/h3-8H,9-14H2,1-2H3;/q-1;+1. The van der Waals surface area contributed by atoms with Crippen LogP contribution in [0.1, 0.15) is 18.2 Å². The molecule has 0 saturated carbocycles. The topological polar surface area (TPSA) is 103 Å². The minimum Gasteiger partial charge on any atom is -0.488 e. The van der Waals surface area contributed by atoms with E-state index < -0.39 is 22.4 Å². The monoisotopic (exact) mass is 481 g/mol. The molecule has 1 spiro atoms. The van der Waals surface area contributed by atoms with Crippen LogP contribution in [0.15, 0.2) is 41.7 Å². The fraction of sp³-hybridized carbons (Fsp3) is 0.455. The normalized spacial score (nSPS) is 19.9. The fourth-order valence-electron chi connectivity index (χ4n) is 3.60. The van der Waals surface area contributed by atoms with E-state index in [4.69, 9.17) is 23.7 Å². The van der Waals surface area contributed by atoms with Crippen molar-refractivity contribution < 1.29 is 57.5 Å². The number of nitrogens with zero attached hydrogens (tertiary/aromatic N) is 3. The number of fused-ring (bicyclic) bond motifs is 1. The van der Waals surface area contributed by atoms with Crippen LogP contribution < -0.4 is 39.3 Å². The van der Waals surface area contributed by atoms with Crippen molar-refractivity contribution in [3.05, 3.63) is 47.8 Å². The van der Waals surface area contributed by atoms with E-state index in [1.165, 1.54) is 0 Å². The van der Waals surface area contributed by atoms with Crippen molar-refractivity contribution in [3.8, 4) is 5.75 Å². The molecule has 2 aliphatic rings. The third kappa shape index (κ3) is 5.33. The quantitative estimate of drug-likeness (QED) is 0.414. The van der Waals surface area contributed by atoms with E-state index in [1.54, 1.807) is 12.3 Å². The molecular formula is C22H24N3NaO6S. The molecule has 2 saturated heterocycles. The molecule has 2 aliphatic heterocycles. The van der Waals surface area contributed by atoms with Crippen molar-refractivity contribution >= 4 is 21.8 Å². The van der Waals surface area contributed by atoms with Crippen LogP contribution in [0.5, 0.6) is 5.75 Å². The first-order valence-electron chi connectivity index (χ1n) is 10.4. The van der Waals surface area contributed by atoms with Crippen LogP contribution in [-0.2, 0) is 35.5 Å². The molecule has 1 unspecified atom stereocenters. The summed E-state index contributed by atoms with van der Waals surface area (Å²) in [6.45, 7) is 5.50. The SMILES string of the molecule is Cc1c(OCC2(C)OCC3(CO2)OCCO3)ccnc1CS(=O)c1nc2ccccc2[n-]1.[Na+]. The van der Waals surface area contributed by atoms with Gasteiger partial charge in [-0.15, -0.1) is 0 Å². The molecule has 0 aliphatic carbocycles. The van der Waals surface area contributed by atoms with Crippen LogP contribution in [0, 0.1) is 6.92 Å². The molecule has 9 nitrogen and oxygen atoms in total. The van der Waals surface area contributed by atoms with Gasteiger partial charge in [0.15, 0.2) is 5.79 Å². The molecule has 11 heteroatoms. The maximum absolute atomic E-state index is 12.9. The second kappa shape index (κ2) is 10.1. The summed E-state index contributed by atoms with van der Waals surface area (Å²) in [5.41, 5.74) is 2.93. The first kappa shape index (κ1) is 24.7. The number of benzene rings is 1. The largest absolute Gasteiger partial charge is 1.00 e. The van der Waals surface area contributed by atoms with Crippen molar-refractivity contribution in [1.82, 2.24) is 15.0 Å². The molecule has 1 atom stereocenters. The second-order valence-corrected chi connectivity index (χ2v) is 9.32. The summed E-state index contributed by atoms with van der Waals surface area (Å²) in [5.74, 6) is -0.914. The van der Waals surface area contributed by atoms with Gasteiger partial charge in [-0.1, -0.05) is 24.3 Å². The summed E-state index contributed by atoms with van der Waals surface area (Å²) in [5, 5.41) is 0.306. The summed E-state index contributed by atoms with van der Waals surface area (Å²) in [6, 6.07) is 9.23. The molecule has 33 heavy (non-hydrogen) atoms. The zero-order valence-corrected chi connectivity index (χ0v) is 21.7. The summed E-state index contributed by atoms with van der Waals surface area (Å²) >= 11 is 0. The number of para-hydroxylation sites is 2. The minimum absolute atomic E-state index is 0. The van der Waals surface area contributed by atoms with Crippen LogP contribution in [-0.4, -0.2) is 58.8 Å². The Morgan fingerprint density at radius 2 is 1.85 bits per heavy atom. The summed E-state index contributed by atoms with van der Waals surface area (Å²) < 4.78 is 41.8. The smallest absolute Gasteiger partial charge is 0.488 e. The van der Waals surface area contributed by atoms with Gasteiger partial charge in [-0.2, -0.15) is 0 Å². The van der Waals surface area contributed by atoms with Crippen molar-refractivity contribution in [2.75, 3.05) is 33.0 Å². The van der Waals surface area contributed by atoms with Gasteiger partial charge in [-0.3, -0.25) is 9.19 Å². The Labute approximate surface area is 216 Å². The molecule has 2 aromatic heterocycles. The fourth-order valence-corrected chi connectivity index (χ4v) is 4.67. The molecule has 5 rings (SSSR count). The van der Waals surface area contributed by atoms with E-state index in [2.05, 4.69) is 15.0 Å². The zero-order chi connectivity index (χ0) is 22.2. The first-order valence-corrected chi connectivity index (χ1v) is 11.7. The van der Waals surface area contributed by atoms with Crippen molar-refractivity contribution in [2.24, 2.45) is 0 Å². The molecule has 170 valence electrons. The Kier molecular flexibility index (Phi) is 7.56. The van der Waals surface area contributed by atoms with Gasteiger partial charge in [0, 0.05) is 16.9 Å². The first-order chi connectivity index (χ1) is 15.5. The molecular weight excluding hydrogens is 457 g/mol. The van der Waals surface area contributed by atoms with E-state index in [0.29, 0.717) is 29.8 Å². The van der Waals surface area contributed by atoms with Gasteiger partial charge in [-0.25, -0.2) is 0 Å². The molecule has 4 heterocycles. The average Bonchev–Trinajstić information content (AvgIpc) is 3.44. The number of ether oxygens (including phenoxy) is 5. The number of aromatic nitrogens is 3. The van der Waals surface area contributed by atoms with Gasteiger partial charge in [0.2, 0.25) is 5.79 Å². The summed E-state index contributed by atoms with van der Waals surface area (Å²) in [7, 11) is -1.42. The Balaban J connectivity index is 0.00000259. The van der Waals surface area contributed by atoms with Crippen LogP contribution in [0.4, 0.5) is 0 Å². The minimum atomic E-state index is -1.42. The van der Waals surface area contributed by atoms with Gasteiger partial charge < -0.3 is 33.7 Å². The van der Waals surface area contributed by atoms with Crippen molar-refractivity contribution in [2.45, 2.75) is 36.3 Å². The van der Waals surface area contributed by atoms with E-state index >= 15 is 0 Å². The summed E-state index contributed by atoms with van der Waals surface area (Å²) in [4.78, 5) is 13.1. The predicted molar refractivity (Wildman–Crippen MR) is 115 cm³/mol. The molecule has 3 aromatic rings.